The van der Waals surface area contributed by atoms with Gasteiger partial charge in [-0.3, -0.25) is 9.78 Å². The molecule has 1 fully saturated rings. The number of hydrogen-bond donors (Lipinski definition) is 1. The van der Waals surface area contributed by atoms with Crippen LogP contribution in [0, 0.1) is 11.8 Å². The minimum Gasteiger partial charge on any atom is -0.394 e. The van der Waals surface area contributed by atoms with Gasteiger partial charge in [-0.25, -0.2) is 0 Å². The van der Waals surface area contributed by atoms with Gasteiger partial charge in [0.2, 0.25) is 0 Å². The van der Waals surface area contributed by atoms with Crippen molar-refractivity contribution < 1.29 is 9.90 Å². The van der Waals surface area contributed by atoms with E-state index in [9.17, 15) is 9.90 Å². The lowest BCUT2D eigenvalue weighted by molar-refractivity contribution is 0.0619. The number of aromatic nitrogens is 1. The standard InChI is InChI=1S/C18H29N3O2/c1-4-14-11-21(18(23)15-7-9-19-10-8-15)17(13-22)16(14)12-20(5-2)6-3/h7-10,14,16-17,22H,4-6,11-13H2,1-3H3/t14-,16-,17-/m1/s1. The van der Waals surface area contributed by atoms with Crippen LogP contribution < -0.4 is 0 Å². The third-order valence-electron chi connectivity index (χ3n) is 5.19. The molecule has 1 aliphatic heterocycles. The van der Waals surface area contributed by atoms with Gasteiger partial charge < -0.3 is 14.9 Å². The van der Waals surface area contributed by atoms with Crippen LogP contribution in [0.4, 0.5) is 0 Å². The highest BCUT2D eigenvalue weighted by molar-refractivity contribution is 5.94. The van der Waals surface area contributed by atoms with Gasteiger partial charge in [-0.15, -0.1) is 0 Å². The first-order valence-electron chi connectivity index (χ1n) is 8.70. The van der Waals surface area contributed by atoms with Crippen molar-refractivity contribution in [3.05, 3.63) is 30.1 Å². The molecule has 1 N–H and O–H groups in total. The van der Waals surface area contributed by atoms with Crippen LogP contribution in [0.25, 0.3) is 0 Å². The number of pyridine rings is 1. The maximum atomic E-state index is 12.8. The first kappa shape index (κ1) is 17.9. The molecular formula is C18H29N3O2. The average Bonchev–Trinajstić information content (AvgIpc) is 2.96. The van der Waals surface area contributed by atoms with Gasteiger partial charge >= 0.3 is 0 Å². The Bertz CT molecular complexity index is 490. The fourth-order valence-corrected chi connectivity index (χ4v) is 3.68. The normalized spacial score (nSPS) is 24.4. The Morgan fingerprint density at radius 3 is 2.48 bits per heavy atom. The topological polar surface area (TPSA) is 56.7 Å². The lowest BCUT2D eigenvalue weighted by Crippen LogP contribution is -2.43. The van der Waals surface area contributed by atoms with Crippen LogP contribution in [-0.4, -0.2) is 64.6 Å². The van der Waals surface area contributed by atoms with Gasteiger partial charge in [0.25, 0.3) is 5.91 Å². The molecule has 23 heavy (non-hydrogen) atoms. The molecule has 1 aromatic rings. The summed E-state index contributed by atoms with van der Waals surface area (Å²) in [4.78, 5) is 21.1. The number of carbonyl (C=O) groups excluding carboxylic acids is 1. The summed E-state index contributed by atoms with van der Waals surface area (Å²) in [5.41, 5.74) is 0.650. The molecule has 2 heterocycles. The molecule has 0 spiro atoms. The minimum atomic E-state index is -0.0961. The molecule has 3 atom stereocenters. The second kappa shape index (κ2) is 8.41. The predicted octanol–water partition coefficient (Wildman–Crippen LogP) is 1.88. The van der Waals surface area contributed by atoms with E-state index in [0.717, 1.165) is 32.6 Å². The third kappa shape index (κ3) is 3.90. The molecule has 1 saturated heterocycles. The summed E-state index contributed by atoms with van der Waals surface area (Å²) in [6.07, 6.45) is 4.31. The largest absolute Gasteiger partial charge is 0.394 e. The number of aliphatic hydroxyl groups excluding tert-OH is 1. The van der Waals surface area contributed by atoms with E-state index in [1.807, 2.05) is 4.90 Å². The van der Waals surface area contributed by atoms with Gasteiger partial charge in [0.15, 0.2) is 0 Å². The second-order valence-electron chi connectivity index (χ2n) is 6.26. The minimum absolute atomic E-state index is 0.00643. The van der Waals surface area contributed by atoms with Crippen molar-refractivity contribution in [1.29, 1.82) is 0 Å². The van der Waals surface area contributed by atoms with Crippen LogP contribution in [0.3, 0.4) is 0 Å². The predicted molar refractivity (Wildman–Crippen MR) is 91.2 cm³/mol. The summed E-state index contributed by atoms with van der Waals surface area (Å²) in [5.74, 6) is 0.779. The third-order valence-corrected chi connectivity index (χ3v) is 5.19. The molecule has 1 amide bonds. The molecule has 0 bridgehead atoms. The number of aliphatic hydroxyl groups is 1. The highest BCUT2D eigenvalue weighted by Gasteiger charge is 2.43. The quantitative estimate of drug-likeness (QED) is 0.834. The number of nitrogens with zero attached hydrogens (tertiary/aromatic N) is 3. The van der Waals surface area contributed by atoms with Crippen molar-refractivity contribution in [1.82, 2.24) is 14.8 Å². The Labute approximate surface area is 139 Å². The Balaban J connectivity index is 2.19. The lowest BCUT2D eigenvalue weighted by atomic mass is 9.88. The molecule has 1 aliphatic rings. The zero-order valence-corrected chi connectivity index (χ0v) is 14.5. The summed E-state index contributed by atoms with van der Waals surface area (Å²) in [5, 5.41) is 9.95. The molecule has 5 heteroatoms. The Morgan fingerprint density at radius 2 is 1.96 bits per heavy atom. The lowest BCUT2D eigenvalue weighted by Gasteiger charge is -2.31. The van der Waals surface area contributed by atoms with E-state index in [2.05, 4.69) is 30.7 Å². The summed E-state index contributed by atoms with van der Waals surface area (Å²) in [7, 11) is 0. The summed E-state index contributed by atoms with van der Waals surface area (Å²) in [6.45, 7) is 10.2. The first-order chi connectivity index (χ1) is 11.2. The molecular weight excluding hydrogens is 290 g/mol. The van der Waals surface area contributed by atoms with Gasteiger partial charge in [-0.05, 0) is 37.1 Å². The van der Waals surface area contributed by atoms with E-state index in [4.69, 9.17) is 0 Å². The Hall–Kier alpha value is -1.46. The number of hydrogen-bond acceptors (Lipinski definition) is 4. The van der Waals surface area contributed by atoms with Crippen LogP contribution in [0.5, 0.6) is 0 Å². The molecule has 0 radical (unpaired) electrons. The monoisotopic (exact) mass is 319 g/mol. The number of carbonyl (C=O) groups is 1. The number of rotatable bonds is 7. The van der Waals surface area contributed by atoms with E-state index >= 15 is 0 Å². The van der Waals surface area contributed by atoms with Crippen molar-refractivity contribution >= 4 is 5.91 Å². The summed E-state index contributed by atoms with van der Waals surface area (Å²) >= 11 is 0. The zero-order valence-electron chi connectivity index (χ0n) is 14.5. The van der Waals surface area contributed by atoms with Crippen molar-refractivity contribution in [2.75, 3.05) is 32.8 Å². The maximum Gasteiger partial charge on any atom is 0.254 e. The molecule has 0 saturated carbocycles. The molecule has 0 aromatic carbocycles. The second-order valence-corrected chi connectivity index (χ2v) is 6.26. The van der Waals surface area contributed by atoms with Crippen LogP contribution in [-0.2, 0) is 0 Å². The fourth-order valence-electron chi connectivity index (χ4n) is 3.68. The Kier molecular flexibility index (Phi) is 6.54. The maximum absolute atomic E-state index is 12.8. The van der Waals surface area contributed by atoms with Gasteiger partial charge in [-0.2, -0.15) is 0 Å². The molecule has 1 aromatic heterocycles. The highest BCUT2D eigenvalue weighted by atomic mass is 16.3. The van der Waals surface area contributed by atoms with E-state index in [-0.39, 0.29) is 18.6 Å². The van der Waals surface area contributed by atoms with Crippen molar-refractivity contribution in [3.8, 4) is 0 Å². The SMILES string of the molecule is CC[C@@H]1CN(C(=O)c2ccncc2)[C@H](CO)[C@@H]1CN(CC)CC. The van der Waals surface area contributed by atoms with Crippen LogP contribution in [0.2, 0.25) is 0 Å². The molecule has 0 aliphatic carbocycles. The van der Waals surface area contributed by atoms with E-state index in [1.165, 1.54) is 0 Å². The van der Waals surface area contributed by atoms with E-state index < -0.39 is 0 Å². The molecule has 128 valence electrons. The van der Waals surface area contributed by atoms with Gasteiger partial charge in [0.05, 0.1) is 12.6 Å². The van der Waals surface area contributed by atoms with Crippen molar-refractivity contribution in [3.63, 3.8) is 0 Å². The fraction of sp³-hybridized carbons (Fsp3) is 0.667. The number of amides is 1. The van der Waals surface area contributed by atoms with E-state index in [0.29, 0.717) is 17.4 Å². The van der Waals surface area contributed by atoms with Gasteiger partial charge in [0, 0.05) is 31.0 Å². The molecule has 2 rings (SSSR count). The van der Waals surface area contributed by atoms with Crippen LogP contribution in [0.1, 0.15) is 37.6 Å². The van der Waals surface area contributed by atoms with Crippen molar-refractivity contribution in [2.45, 2.75) is 33.2 Å². The zero-order chi connectivity index (χ0) is 16.8. The van der Waals surface area contributed by atoms with E-state index in [1.54, 1.807) is 24.5 Å². The molecule has 0 unspecified atom stereocenters. The van der Waals surface area contributed by atoms with Gasteiger partial charge in [0.1, 0.15) is 0 Å². The first-order valence-corrected chi connectivity index (χ1v) is 8.70. The van der Waals surface area contributed by atoms with Crippen LogP contribution in [0.15, 0.2) is 24.5 Å². The van der Waals surface area contributed by atoms with Gasteiger partial charge in [-0.1, -0.05) is 27.2 Å². The summed E-state index contributed by atoms with van der Waals surface area (Å²) in [6, 6.07) is 3.39. The van der Waals surface area contributed by atoms with Crippen molar-refractivity contribution in [2.24, 2.45) is 11.8 Å². The smallest absolute Gasteiger partial charge is 0.254 e. The number of likely N-dealkylation sites (tertiary alicyclic amines) is 1. The molecule has 5 nitrogen and oxygen atoms in total. The summed E-state index contributed by atoms with van der Waals surface area (Å²) < 4.78 is 0. The van der Waals surface area contributed by atoms with Crippen LogP contribution >= 0.6 is 0 Å². The highest BCUT2D eigenvalue weighted by Crippen LogP contribution is 2.33. The Morgan fingerprint density at radius 1 is 1.30 bits per heavy atom. The average molecular weight is 319 g/mol.